The molecular formula is C16H17NO4. The van der Waals surface area contributed by atoms with Gasteiger partial charge in [-0.3, -0.25) is 4.98 Å². The summed E-state index contributed by atoms with van der Waals surface area (Å²) >= 11 is 0. The van der Waals surface area contributed by atoms with Gasteiger partial charge in [-0.2, -0.15) is 0 Å². The SMILES string of the molecule is Cc1ccc(OCCCOc2ccc3c(c2)OCO3)cn1. The summed E-state index contributed by atoms with van der Waals surface area (Å²) in [5.41, 5.74) is 0.980. The van der Waals surface area contributed by atoms with Crippen molar-refractivity contribution in [3.63, 3.8) is 0 Å². The average molecular weight is 287 g/mol. The number of fused-ring (bicyclic) bond motifs is 1. The van der Waals surface area contributed by atoms with Gasteiger partial charge in [0.15, 0.2) is 11.5 Å². The molecule has 0 amide bonds. The lowest BCUT2D eigenvalue weighted by molar-refractivity contribution is 0.173. The van der Waals surface area contributed by atoms with Crippen molar-refractivity contribution in [1.82, 2.24) is 4.98 Å². The number of aryl methyl sites for hydroxylation is 1. The second-order valence-corrected chi connectivity index (χ2v) is 4.70. The van der Waals surface area contributed by atoms with Crippen LogP contribution in [0, 0.1) is 6.92 Å². The molecule has 0 aliphatic carbocycles. The van der Waals surface area contributed by atoms with E-state index in [0.29, 0.717) is 13.2 Å². The van der Waals surface area contributed by atoms with Gasteiger partial charge < -0.3 is 18.9 Å². The Morgan fingerprint density at radius 3 is 2.57 bits per heavy atom. The monoisotopic (exact) mass is 287 g/mol. The maximum Gasteiger partial charge on any atom is 0.231 e. The molecule has 2 aromatic rings. The van der Waals surface area contributed by atoms with Crippen LogP contribution in [0.15, 0.2) is 36.5 Å². The van der Waals surface area contributed by atoms with Crippen LogP contribution in [-0.2, 0) is 0 Å². The molecule has 2 heterocycles. The molecule has 0 saturated heterocycles. The quantitative estimate of drug-likeness (QED) is 0.764. The Morgan fingerprint density at radius 1 is 1.00 bits per heavy atom. The molecule has 1 aliphatic heterocycles. The molecule has 5 nitrogen and oxygen atoms in total. The Hall–Kier alpha value is -2.43. The lowest BCUT2D eigenvalue weighted by Crippen LogP contribution is -2.05. The Kier molecular flexibility index (Phi) is 4.09. The first-order valence-corrected chi connectivity index (χ1v) is 6.89. The number of benzene rings is 1. The van der Waals surface area contributed by atoms with Crippen LogP contribution in [-0.4, -0.2) is 25.0 Å². The van der Waals surface area contributed by atoms with Crippen LogP contribution in [0.3, 0.4) is 0 Å². The standard InChI is InChI=1S/C16H17NO4/c1-12-3-4-14(10-17-12)19-8-2-7-18-13-5-6-15-16(9-13)21-11-20-15/h3-6,9-10H,2,7-8,11H2,1H3. The first-order valence-electron chi connectivity index (χ1n) is 6.89. The minimum absolute atomic E-state index is 0.275. The van der Waals surface area contributed by atoms with Gasteiger partial charge in [0, 0.05) is 18.2 Å². The average Bonchev–Trinajstić information content (AvgIpc) is 2.96. The summed E-state index contributed by atoms with van der Waals surface area (Å²) in [4.78, 5) is 4.18. The highest BCUT2D eigenvalue weighted by Crippen LogP contribution is 2.35. The second kappa shape index (κ2) is 6.35. The third-order valence-corrected chi connectivity index (χ3v) is 3.05. The highest BCUT2D eigenvalue weighted by Gasteiger charge is 2.13. The van der Waals surface area contributed by atoms with E-state index in [2.05, 4.69) is 4.98 Å². The highest BCUT2D eigenvalue weighted by molar-refractivity contribution is 5.46. The predicted octanol–water partition coefficient (Wildman–Crippen LogP) is 2.97. The molecule has 0 fully saturated rings. The Bertz CT molecular complexity index is 598. The lowest BCUT2D eigenvalue weighted by Gasteiger charge is -2.08. The molecule has 0 saturated carbocycles. The second-order valence-electron chi connectivity index (χ2n) is 4.70. The van der Waals surface area contributed by atoms with E-state index in [-0.39, 0.29) is 6.79 Å². The van der Waals surface area contributed by atoms with Gasteiger partial charge in [-0.05, 0) is 31.2 Å². The zero-order valence-electron chi connectivity index (χ0n) is 11.9. The summed E-state index contributed by atoms with van der Waals surface area (Å²) in [6, 6.07) is 9.41. The Morgan fingerprint density at radius 2 is 1.76 bits per heavy atom. The Labute approximate surface area is 123 Å². The van der Waals surface area contributed by atoms with E-state index in [1.165, 1.54) is 0 Å². The van der Waals surface area contributed by atoms with Crippen molar-refractivity contribution in [1.29, 1.82) is 0 Å². The normalized spacial score (nSPS) is 12.2. The first-order chi connectivity index (χ1) is 10.3. The molecule has 0 atom stereocenters. The molecule has 5 heteroatoms. The highest BCUT2D eigenvalue weighted by atomic mass is 16.7. The van der Waals surface area contributed by atoms with Gasteiger partial charge in [0.2, 0.25) is 6.79 Å². The molecule has 0 unspecified atom stereocenters. The molecule has 0 bridgehead atoms. The van der Waals surface area contributed by atoms with Crippen LogP contribution < -0.4 is 18.9 Å². The van der Waals surface area contributed by atoms with E-state index in [1.54, 1.807) is 6.20 Å². The molecule has 1 aromatic carbocycles. The third-order valence-electron chi connectivity index (χ3n) is 3.05. The fourth-order valence-corrected chi connectivity index (χ4v) is 1.95. The lowest BCUT2D eigenvalue weighted by atomic mass is 10.3. The molecular weight excluding hydrogens is 270 g/mol. The number of aromatic nitrogens is 1. The van der Waals surface area contributed by atoms with Crippen LogP contribution in [0.1, 0.15) is 12.1 Å². The van der Waals surface area contributed by atoms with Gasteiger partial charge in [-0.25, -0.2) is 0 Å². The molecule has 0 N–H and O–H groups in total. The fraction of sp³-hybridized carbons (Fsp3) is 0.312. The maximum atomic E-state index is 5.66. The van der Waals surface area contributed by atoms with E-state index in [9.17, 15) is 0 Å². The molecule has 1 aromatic heterocycles. The summed E-state index contributed by atoms with van der Waals surface area (Å²) in [5, 5.41) is 0. The largest absolute Gasteiger partial charge is 0.493 e. The van der Waals surface area contributed by atoms with E-state index >= 15 is 0 Å². The van der Waals surface area contributed by atoms with Crippen molar-refractivity contribution < 1.29 is 18.9 Å². The van der Waals surface area contributed by atoms with Crippen LogP contribution >= 0.6 is 0 Å². The zero-order valence-corrected chi connectivity index (χ0v) is 11.9. The number of pyridine rings is 1. The van der Waals surface area contributed by atoms with E-state index in [0.717, 1.165) is 35.1 Å². The van der Waals surface area contributed by atoms with Gasteiger partial charge in [-0.1, -0.05) is 0 Å². The van der Waals surface area contributed by atoms with Crippen LogP contribution in [0.25, 0.3) is 0 Å². The van der Waals surface area contributed by atoms with Crippen molar-refractivity contribution in [2.45, 2.75) is 13.3 Å². The minimum Gasteiger partial charge on any atom is -0.493 e. The van der Waals surface area contributed by atoms with Gasteiger partial charge >= 0.3 is 0 Å². The number of ether oxygens (including phenoxy) is 4. The molecule has 0 radical (unpaired) electrons. The molecule has 3 rings (SSSR count). The fourth-order valence-electron chi connectivity index (χ4n) is 1.95. The number of hydrogen-bond donors (Lipinski definition) is 0. The number of rotatable bonds is 6. The van der Waals surface area contributed by atoms with Crippen molar-refractivity contribution in [2.75, 3.05) is 20.0 Å². The van der Waals surface area contributed by atoms with Crippen LogP contribution in [0.4, 0.5) is 0 Å². The molecule has 21 heavy (non-hydrogen) atoms. The summed E-state index contributed by atoms with van der Waals surface area (Å²) < 4.78 is 21.8. The number of nitrogens with zero attached hydrogens (tertiary/aromatic N) is 1. The van der Waals surface area contributed by atoms with Gasteiger partial charge in [0.1, 0.15) is 11.5 Å². The zero-order chi connectivity index (χ0) is 14.5. The minimum atomic E-state index is 0.275. The van der Waals surface area contributed by atoms with Gasteiger partial charge in [0.05, 0.1) is 19.4 Å². The molecule has 1 aliphatic rings. The molecule has 110 valence electrons. The van der Waals surface area contributed by atoms with Crippen molar-refractivity contribution >= 4 is 0 Å². The van der Waals surface area contributed by atoms with E-state index < -0.39 is 0 Å². The van der Waals surface area contributed by atoms with Gasteiger partial charge in [0.25, 0.3) is 0 Å². The van der Waals surface area contributed by atoms with Gasteiger partial charge in [-0.15, -0.1) is 0 Å². The Balaban J connectivity index is 1.39. The summed E-state index contributed by atoms with van der Waals surface area (Å²) in [6.07, 6.45) is 2.52. The van der Waals surface area contributed by atoms with Crippen LogP contribution in [0.2, 0.25) is 0 Å². The van der Waals surface area contributed by atoms with E-state index in [4.69, 9.17) is 18.9 Å². The first kappa shape index (κ1) is 13.5. The van der Waals surface area contributed by atoms with Crippen molar-refractivity contribution in [3.05, 3.63) is 42.2 Å². The van der Waals surface area contributed by atoms with Crippen molar-refractivity contribution in [2.24, 2.45) is 0 Å². The van der Waals surface area contributed by atoms with Crippen molar-refractivity contribution in [3.8, 4) is 23.0 Å². The third kappa shape index (κ3) is 3.56. The summed E-state index contributed by atoms with van der Waals surface area (Å²) in [5.74, 6) is 3.05. The van der Waals surface area contributed by atoms with E-state index in [1.807, 2.05) is 37.3 Å². The molecule has 0 spiro atoms. The summed E-state index contributed by atoms with van der Waals surface area (Å²) in [7, 11) is 0. The topological polar surface area (TPSA) is 49.8 Å². The van der Waals surface area contributed by atoms with Crippen LogP contribution in [0.5, 0.6) is 23.0 Å². The smallest absolute Gasteiger partial charge is 0.231 e. The number of hydrogen-bond acceptors (Lipinski definition) is 5. The summed E-state index contributed by atoms with van der Waals surface area (Å²) in [6.45, 7) is 3.40. The predicted molar refractivity (Wildman–Crippen MR) is 77.1 cm³/mol. The maximum absolute atomic E-state index is 5.66.